The normalized spacial score (nSPS) is 31.7. The van der Waals surface area contributed by atoms with Crippen molar-refractivity contribution in [1.82, 2.24) is 30.1 Å². The Morgan fingerprint density at radius 1 is 1.15 bits per heavy atom. The smallest absolute Gasteiger partial charge is 0.313 e. The maximum absolute atomic E-state index is 15.0. The van der Waals surface area contributed by atoms with E-state index in [2.05, 4.69) is 31.6 Å². The van der Waals surface area contributed by atoms with Crippen LogP contribution in [0.2, 0.25) is 0 Å². The van der Waals surface area contributed by atoms with Crippen LogP contribution in [-0.2, 0) is 35.3 Å². The highest BCUT2D eigenvalue weighted by Crippen LogP contribution is 2.59. The van der Waals surface area contributed by atoms with Crippen molar-refractivity contribution in [2.24, 2.45) is 17.8 Å². The minimum Gasteiger partial charge on any atom is -0.460 e. The molecular formula is C32H39BrN6O7. The van der Waals surface area contributed by atoms with E-state index in [0.29, 0.717) is 22.8 Å². The molecule has 1 spiro atoms. The van der Waals surface area contributed by atoms with Crippen LogP contribution in [0, 0.1) is 17.8 Å². The summed E-state index contributed by atoms with van der Waals surface area (Å²) in [6.45, 7) is 5.52. The van der Waals surface area contributed by atoms with Crippen molar-refractivity contribution < 1.29 is 33.8 Å². The summed E-state index contributed by atoms with van der Waals surface area (Å²) in [6.07, 6.45) is 4.98. The highest BCUT2D eigenvalue weighted by Gasteiger charge is 2.75. The van der Waals surface area contributed by atoms with Gasteiger partial charge in [-0.25, -0.2) is 4.68 Å². The number of esters is 1. The number of nitrogens with zero attached hydrogens (tertiary/aromatic N) is 5. The third-order valence-corrected chi connectivity index (χ3v) is 9.87. The zero-order valence-electron chi connectivity index (χ0n) is 26.0. The van der Waals surface area contributed by atoms with Crippen LogP contribution in [0.3, 0.4) is 0 Å². The van der Waals surface area contributed by atoms with E-state index in [-0.39, 0.29) is 44.6 Å². The van der Waals surface area contributed by atoms with Gasteiger partial charge in [0.15, 0.2) is 0 Å². The number of amides is 3. The maximum Gasteiger partial charge on any atom is 0.313 e. The van der Waals surface area contributed by atoms with Crippen molar-refractivity contribution >= 4 is 50.7 Å². The van der Waals surface area contributed by atoms with Crippen LogP contribution < -0.4 is 5.32 Å². The lowest BCUT2D eigenvalue weighted by molar-refractivity contribution is -0.159. The Morgan fingerprint density at radius 2 is 1.93 bits per heavy atom. The minimum absolute atomic E-state index is 0.00865. The number of ether oxygens (including phenoxy) is 2. The fourth-order valence-electron chi connectivity index (χ4n) is 7.19. The van der Waals surface area contributed by atoms with Gasteiger partial charge in [-0.15, -0.1) is 5.10 Å². The van der Waals surface area contributed by atoms with E-state index < -0.39 is 59.5 Å². The number of likely N-dealkylation sites (tertiary alicyclic amines) is 1. The van der Waals surface area contributed by atoms with Crippen LogP contribution in [0.5, 0.6) is 0 Å². The Kier molecular flexibility index (Phi) is 9.05. The third kappa shape index (κ3) is 5.64. The Labute approximate surface area is 275 Å². The van der Waals surface area contributed by atoms with Crippen LogP contribution in [0.25, 0.3) is 11.0 Å². The molecule has 7 atom stereocenters. The van der Waals surface area contributed by atoms with Gasteiger partial charge in [0.05, 0.1) is 30.6 Å². The second-order valence-electron chi connectivity index (χ2n) is 12.9. The number of nitrogens with one attached hydrogen (secondary N) is 1. The number of allylic oxidation sites excluding steroid dienone is 1. The van der Waals surface area contributed by atoms with Crippen LogP contribution in [0.1, 0.15) is 40.0 Å². The summed E-state index contributed by atoms with van der Waals surface area (Å²) in [7, 11) is 0. The number of aromatic nitrogens is 3. The quantitative estimate of drug-likeness (QED) is 0.340. The number of halogens is 1. The predicted molar refractivity (Wildman–Crippen MR) is 169 cm³/mol. The van der Waals surface area contributed by atoms with Crippen molar-refractivity contribution in [3.8, 4) is 0 Å². The van der Waals surface area contributed by atoms with Gasteiger partial charge in [0.25, 0.3) is 5.91 Å². The van der Waals surface area contributed by atoms with Crippen molar-refractivity contribution in [1.29, 1.82) is 0 Å². The van der Waals surface area contributed by atoms with Gasteiger partial charge in [-0.1, -0.05) is 59.3 Å². The Balaban J connectivity index is 1.47. The lowest BCUT2D eigenvalue weighted by Crippen LogP contribution is -2.58. The van der Waals surface area contributed by atoms with E-state index in [1.54, 1.807) is 22.6 Å². The largest absolute Gasteiger partial charge is 0.460 e. The first-order valence-electron chi connectivity index (χ1n) is 15.7. The lowest BCUT2D eigenvalue weighted by Gasteiger charge is -2.39. The number of hydrogen-bond donors (Lipinski definition) is 2. The highest BCUT2D eigenvalue weighted by molar-refractivity contribution is 9.11. The summed E-state index contributed by atoms with van der Waals surface area (Å²) in [5.74, 6) is -3.70. The molecular weight excluding hydrogens is 660 g/mol. The number of carbonyl (C=O) groups excluding carboxylic acids is 4. The summed E-state index contributed by atoms with van der Waals surface area (Å²) in [4.78, 5) is 58.8. The van der Waals surface area contributed by atoms with Crippen molar-refractivity contribution in [2.75, 3.05) is 19.7 Å². The Morgan fingerprint density at radius 3 is 2.70 bits per heavy atom. The second kappa shape index (κ2) is 12.9. The van der Waals surface area contributed by atoms with Gasteiger partial charge in [0.1, 0.15) is 42.0 Å². The first kappa shape index (κ1) is 32.3. The molecule has 2 saturated heterocycles. The van der Waals surface area contributed by atoms with Crippen molar-refractivity contribution in [3.05, 3.63) is 47.0 Å². The number of aliphatic hydroxyl groups excluding tert-OH is 1. The summed E-state index contributed by atoms with van der Waals surface area (Å²) < 4.78 is 14.5. The molecule has 2 N–H and O–H groups in total. The van der Waals surface area contributed by atoms with Gasteiger partial charge >= 0.3 is 5.97 Å². The molecule has 4 aliphatic heterocycles. The molecule has 0 aliphatic carbocycles. The molecule has 1 aromatic heterocycles. The number of rotatable bonds is 6. The van der Waals surface area contributed by atoms with Crippen LogP contribution in [-0.4, -0.2) is 103 Å². The molecule has 5 bridgehead atoms. The number of benzene rings is 1. The maximum atomic E-state index is 15.0. The van der Waals surface area contributed by atoms with Gasteiger partial charge in [0, 0.05) is 17.4 Å². The van der Waals surface area contributed by atoms with E-state index in [0.717, 1.165) is 5.52 Å². The first-order valence-corrected chi connectivity index (χ1v) is 16.5. The summed E-state index contributed by atoms with van der Waals surface area (Å²) in [6, 6.07) is 5.52. The van der Waals surface area contributed by atoms with Gasteiger partial charge in [-0.3, -0.25) is 19.2 Å². The topological polar surface area (TPSA) is 156 Å². The number of hydrogen-bond acceptors (Lipinski definition) is 9. The molecule has 46 heavy (non-hydrogen) atoms. The molecule has 0 saturated carbocycles. The monoisotopic (exact) mass is 698 g/mol. The Bertz CT molecular complexity index is 1590. The first-order chi connectivity index (χ1) is 22.1. The Hall–Kier alpha value is -3.62. The SMILES string of the molecule is CC(C)C[C@H](CO)N1C(=O)[C@@H]2[C@H]3C(=O)O[C@@H](C)CNC(=O)CC/C=C\CN(Cn4nnc5ccccc54)C(=O)[C@@H]1[C@]21C=C(Br)[C@H]3O1. The number of fused-ring (bicyclic) bond motifs is 3. The van der Waals surface area contributed by atoms with E-state index >= 15 is 0 Å². The molecule has 14 heteroatoms. The fourth-order valence-corrected chi connectivity index (χ4v) is 7.93. The van der Waals surface area contributed by atoms with E-state index in [1.807, 2.05) is 50.3 Å². The van der Waals surface area contributed by atoms with E-state index in [1.165, 1.54) is 4.90 Å². The number of cyclic esters (lactones) is 1. The molecule has 3 amide bonds. The molecule has 6 rings (SSSR count). The minimum atomic E-state index is -1.48. The fraction of sp³-hybridized carbons (Fsp3) is 0.562. The molecule has 0 unspecified atom stereocenters. The summed E-state index contributed by atoms with van der Waals surface area (Å²) in [5.41, 5.74) is -0.0972. The molecule has 13 nitrogen and oxygen atoms in total. The van der Waals surface area contributed by atoms with Crippen molar-refractivity contribution in [2.45, 2.75) is 76.6 Å². The molecule has 0 radical (unpaired) electrons. The zero-order chi connectivity index (χ0) is 32.7. The standard InChI is InChI=1S/C32H39BrN6O7/c1-18(2)13-20(16-40)39-28-30(43)37(17-38-23-10-7-6-9-22(23)35-36-38)12-8-4-5-11-24(41)34-15-19(3)45-31(44)25-26(29(39)42)32(28)14-21(33)27(25)46-32/h4,6-10,14,18-20,25-28,40H,5,11-13,15-17H2,1-3H3,(H,34,41)/b8-4-/t19-,20+,25+,26-,27+,28+,32-/m0/s1. The molecule has 5 heterocycles. The molecule has 2 fully saturated rings. The van der Waals surface area contributed by atoms with Crippen LogP contribution in [0.15, 0.2) is 47.0 Å². The van der Waals surface area contributed by atoms with Gasteiger partial charge < -0.3 is 29.7 Å². The lowest BCUT2D eigenvalue weighted by atomic mass is 9.74. The molecule has 4 aliphatic rings. The summed E-state index contributed by atoms with van der Waals surface area (Å²) in [5, 5.41) is 21.9. The van der Waals surface area contributed by atoms with Gasteiger partial charge in [-0.2, -0.15) is 0 Å². The molecule has 246 valence electrons. The predicted octanol–water partition coefficient (Wildman–Crippen LogP) is 1.90. The summed E-state index contributed by atoms with van der Waals surface area (Å²) >= 11 is 3.56. The average molecular weight is 700 g/mol. The number of aliphatic hydroxyl groups is 1. The average Bonchev–Trinajstić information content (AvgIpc) is 3.74. The van der Waals surface area contributed by atoms with Crippen molar-refractivity contribution in [3.63, 3.8) is 0 Å². The molecule has 1 aromatic carbocycles. The van der Waals surface area contributed by atoms with E-state index in [9.17, 15) is 24.3 Å². The third-order valence-electron chi connectivity index (χ3n) is 9.19. The number of carbonyl (C=O) groups is 4. The number of para-hydroxylation sites is 1. The van der Waals surface area contributed by atoms with Crippen LogP contribution >= 0.6 is 15.9 Å². The van der Waals surface area contributed by atoms with Gasteiger partial charge in [-0.05, 0) is 43.9 Å². The second-order valence-corrected chi connectivity index (χ2v) is 13.8. The zero-order valence-corrected chi connectivity index (χ0v) is 27.6. The highest BCUT2D eigenvalue weighted by atomic mass is 79.9. The van der Waals surface area contributed by atoms with E-state index in [4.69, 9.17) is 9.47 Å². The van der Waals surface area contributed by atoms with Crippen LogP contribution in [0.4, 0.5) is 0 Å². The van der Waals surface area contributed by atoms with Gasteiger partial charge in [0.2, 0.25) is 11.8 Å². The molecule has 2 aromatic rings.